The molecule has 0 saturated heterocycles. The molecule has 1 heterocycles. The zero-order valence-electron chi connectivity index (χ0n) is 15.4. The van der Waals surface area contributed by atoms with Crippen molar-refractivity contribution in [2.45, 2.75) is 30.3 Å². The van der Waals surface area contributed by atoms with Crippen LogP contribution in [0, 0.1) is 0 Å². The molecular formula is C20H19ClN4O3S. The van der Waals surface area contributed by atoms with Crippen LogP contribution >= 0.6 is 11.6 Å². The molecule has 1 amide bonds. The lowest BCUT2D eigenvalue weighted by molar-refractivity contribution is 0.102. The average Bonchev–Trinajstić information content (AvgIpc) is 3.41. The zero-order valence-corrected chi connectivity index (χ0v) is 16.9. The van der Waals surface area contributed by atoms with Crippen molar-refractivity contribution in [1.82, 2.24) is 14.5 Å². The number of hydrogen-bond donors (Lipinski definition) is 2. The lowest BCUT2D eigenvalue weighted by Gasteiger charge is -2.10. The summed E-state index contributed by atoms with van der Waals surface area (Å²) in [5, 5.41) is 7.70. The Bertz CT molecular complexity index is 1120. The lowest BCUT2D eigenvalue weighted by atomic mass is 10.2. The summed E-state index contributed by atoms with van der Waals surface area (Å²) in [6.07, 6.45) is 3.33. The third-order valence-electron chi connectivity index (χ3n) is 4.53. The highest BCUT2D eigenvalue weighted by Crippen LogP contribution is 2.22. The molecule has 1 aliphatic carbocycles. The second-order valence-electron chi connectivity index (χ2n) is 6.87. The molecule has 2 N–H and O–H groups in total. The van der Waals surface area contributed by atoms with E-state index in [9.17, 15) is 13.2 Å². The van der Waals surface area contributed by atoms with E-state index in [4.69, 9.17) is 11.6 Å². The minimum Gasteiger partial charge on any atom is -0.307 e. The van der Waals surface area contributed by atoms with Gasteiger partial charge in [-0.05, 0) is 54.8 Å². The number of anilines is 1. The summed E-state index contributed by atoms with van der Waals surface area (Å²) >= 11 is 5.91. The molecule has 0 bridgehead atoms. The summed E-state index contributed by atoms with van der Waals surface area (Å²) in [6, 6.07) is 15.0. The van der Waals surface area contributed by atoms with Gasteiger partial charge in [0.05, 0.1) is 17.6 Å². The van der Waals surface area contributed by atoms with Crippen LogP contribution < -0.4 is 10.0 Å². The van der Waals surface area contributed by atoms with E-state index >= 15 is 0 Å². The molecule has 1 saturated carbocycles. The molecule has 0 spiro atoms. The van der Waals surface area contributed by atoms with Gasteiger partial charge in [-0.25, -0.2) is 17.8 Å². The molecule has 9 heteroatoms. The highest BCUT2D eigenvalue weighted by atomic mass is 35.5. The maximum atomic E-state index is 12.6. The molecule has 150 valence electrons. The molecule has 0 atom stereocenters. The highest BCUT2D eigenvalue weighted by molar-refractivity contribution is 7.89. The monoisotopic (exact) mass is 430 g/mol. The van der Waals surface area contributed by atoms with Gasteiger partial charge >= 0.3 is 0 Å². The van der Waals surface area contributed by atoms with Gasteiger partial charge in [-0.15, -0.1) is 0 Å². The third-order valence-corrected chi connectivity index (χ3v) is 6.32. The van der Waals surface area contributed by atoms with Gasteiger partial charge in [-0.3, -0.25) is 4.79 Å². The SMILES string of the molecule is O=C(Nc1ccnn1Cc1ccc(Cl)cc1)c1ccc(S(=O)(=O)NC2CC2)cc1. The van der Waals surface area contributed by atoms with Crippen LogP contribution in [0.2, 0.25) is 5.02 Å². The molecule has 29 heavy (non-hydrogen) atoms. The average molecular weight is 431 g/mol. The normalized spacial score (nSPS) is 14.0. The van der Waals surface area contributed by atoms with Crippen LogP contribution in [-0.4, -0.2) is 30.1 Å². The topological polar surface area (TPSA) is 93.1 Å². The molecule has 1 aromatic heterocycles. The van der Waals surface area contributed by atoms with Crippen molar-refractivity contribution in [3.05, 3.63) is 76.9 Å². The molecule has 0 aliphatic heterocycles. The fourth-order valence-corrected chi connectivity index (χ4v) is 4.22. The minimum absolute atomic E-state index is 0.0314. The predicted molar refractivity (Wildman–Crippen MR) is 111 cm³/mol. The van der Waals surface area contributed by atoms with Gasteiger partial charge in [-0.1, -0.05) is 23.7 Å². The van der Waals surface area contributed by atoms with Gasteiger partial charge in [0, 0.05) is 22.7 Å². The van der Waals surface area contributed by atoms with Gasteiger partial charge in [0.2, 0.25) is 10.0 Å². The van der Waals surface area contributed by atoms with Crippen molar-refractivity contribution in [3.63, 3.8) is 0 Å². The molecule has 3 aromatic rings. The largest absolute Gasteiger partial charge is 0.307 e. The first-order valence-corrected chi connectivity index (χ1v) is 11.0. The number of sulfonamides is 1. The Balaban J connectivity index is 1.44. The Morgan fingerprint density at radius 3 is 2.41 bits per heavy atom. The van der Waals surface area contributed by atoms with Crippen LogP contribution in [-0.2, 0) is 16.6 Å². The van der Waals surface area contributed by atoms with E-state index in [-0.39, 0.29) is 16.8 Å². The Kier molecular flexibility index (Phi) is 5.40. The molecule has 1 aliphatic rings. The fourth-order valence-electron chi connectivity index (χ4n) is 2.79. The Morgan fingerprint density at radius 2 is 1.76 bits per heavy atom. The van der Waals surface area contributed by atoms with Crippen LogP contribution in [0.15, 0.2) is 65.7 Å². The van der Waals surface area contributed by atoms with Crippen LogP contribution in [0.4, 0.5) is 5.82 Å². The van der Waals surface area contributed by atoms with Crippen molar-refractivity contribution < 1.29 is 13.2 Å². The number of rotatable bonds is 7. The van der Waals surface area contributed by atoms with Crippen LogP contribution in [0.1, 0.15) is 28.8 Å². The number of carbonyl (C=O) groups excluding carboxylic acids is 1. The van der Waals surface area contributed by atoms with Crippen LogP contribution in [0.25, 0.3) is 0 Å². The number of nitrogens with one attached hydrogen (secondary N) is 2. The van der Waals surface area contributed by atoms with Crippen LogP contribution in [0.3, 0.4) is 0 Å². The number of halogens is 1. The summed E-state index contributed by atoms with van der Waals surface area (Å²) < 4.78 is 28.7. The van der Waals surface area contributed by atoms with E-state index < -0.39 is 10.0 Å². The molecule has 4 rings (SSSR count). The summed E-state index contributed by atoms with van der Waals surface area (Å²) in [7, 11) is -3.54. The molecule has 1 fully saturated rings. The van der Waals surface area contributed by atoms with Crippen molar-refractivity contribution in [2.24, 2.45) is 0 Å². The maximum absolute atomic E-state index is 12.6. The van der Waals surface area contributed by atoms with Gasteiger partial charge in [0.15, 0.2) is 0 Å². The Hall–Kier alpha value is -2.68. The quantitative estimate of drug-likeness (QED) is 0.601. The second-order valence-corrected chi connectivity index (χ2v) is 9.03. The standard InChI is InChI=1S/C20H19ClN4O3S/c21-16-5-1-14(2-6-16)13-25-19(11-12-22-25)23-20(26)15-3-9-18(10-4-15)29(27,28)24-17-7-8-17/h1-6,9-12,17,24H,7-8,13H2,(H,23,26). The maximum Gasteiger partial charge on any atom is 0.256 e. The number of benzene rings is 2. The van der Waals surface area contributed by atoms with E-state index in [1.54, 1.807) is 29.1 Å². The number of hydrogen-bond acceptors (Lipinski definition) is 4. The third kappa shape index (κ3) is 4.84. The molecule has 0 unspecified atom stereocenters. The lowest BCUT2D eigenvalue weighted by Crippen LogP contribution is -2.25. The van der Waals surface area contributed by atoms with Gasteiger partial charge in [0.25, 0.3) is 5.91 Å². The summed E-state index contributed by atoms with van der Waals surface area (Å²) in [5.74, 6) is 0.194. The van der Waals surface area contributed by atoms with Gasteiger partial charge in [-0.2, -0.15) is 5.10 Å². The first-order valence-electron chi connectivity index (χ1n) is 9.11. The smallest absolute Gasteiger partial charge is 0.256 e. The molecule has 0 radical (unpaired) electrons. The first-order chi connectivity index (χ1) is 13.9. The molecule has 2 aromatic carbocycles. The van der Waals surface area contributed by atoms with Crippen molar-refractivity contribution in [2.75, 3.05) is 5.32 Å². The Morgan fingerprint density at radius 1 is 1.07 bits per heavy atom. The number of nitrogens with zero attached hydrogens (tertiary/aromatic N) is 2. The number of carbonyl (C=O) groups is 1. The van der Waals surface area contributed by atoms with E-state index in [1.165, 1.54) is 24.3 Å². The van der Waals surface area contributed by atoms with Crippen molar-refractivity contribution in [3.8, 4) is 0 Å². The highest BCUT2D eigenvalue weighted by Gasteiger charge is 2.28. The van der Waals surface area contributed by atoms with E-state index in [1.807, 2.05) is 12.1 Å². The zero-order chi connectivity index (χ0) is 20.4. The van der Waals surface area contributed by atoms with Crippen molar-refractivity contribution >= 4 is 33.3 Å². The molecular weight excluding hydrogens is 412 g/mol. The predicted octanol–water partition coefficient (Wildman–Crippen LogP) is 3.28. The Labute approximate surface area is 173 Å². The van der Waals surface area contributed by atoms with E-state index in [0.717, 1.165) is 18.4 Å². The summed E-state index contributed by atoms with van der Waals surface area (Å²) in [5.41, 5.74) is 1.35. The fraction of sp³-hybridized carbons (Fsp3) is 0.200. The summed E-state index contributed by atoms with van der Waals surface area (Å²) in [4.78, 5) is 12.7. The first kappa shape index (κ1) is 19.6. The van der Waals surface area contributed by atoms with E-state index in [0.29, 0.717) is 22.9 Å². The van der Waals surface area contributed by atoms with Gasteiger partial charge < -0.3 is 5.32 Å². The second kappa shape index (κ2) is 7.98. The van der Waals surface area contributed by atoms with Crippen LogP contribution in [0.5, 0.6) is 0 Å². The van der Waals surface area contributed by atoms with E-state index in [2.05, 4.69) is 15.1 Å². The minimum atomic E-state index is -3.54. The molecule has 7 nitrogen and oxygen atoms in total. The van der Waals surface area contributed by atoms with Crippen molar-refractivity contribution in [1.29, 1.82) is 0 Å². The number of amides is 1. The summed E-state index contributed by atoms with van der Waals surface area (Å²) in [6.45, 7) is 0.476. The number of aromatic nitrogens is 2. The van der Waals surface area contributed by atoms with Gasteiger partial charge in [0.1, 0.15) is 5.82 Å².